The van der Waals surface area contributed by atoms with Gasteiger partial charge in [-0.2, -0.15) is 0 Å². The molecule has 0 fully saturated rings. The third-order valence-corrected chi connectivity index (χ3v) is 2.36. The first-order valence-corrected chi connectivity index (χ1v) is 4.51. The molecular formula is C7H12Cl3. The molecule has 0 N–H and O–H groups in total. The minimum Gasteiger partial charge on any atom is -0.0830 e. The second kappa shape index (κ2) is 4.69. The summed E-state index contributed by atoms with van der Waals surface area (Å²) in [6.07, 6.45) is 3.14. The minimum absolute atomic E-state index is 0.910. The molecule has 0 rings (SSSR count). The molecule has 0 bridgehead atoms. The molecule has 0 amide bonds. The van der Waals surface area contributed by atoms with E-state index >= 15 is 0 Å². The fourth-order valence-corrected chi connectivity index (χ4v) is 0.867. The van der Waals surface area contributed by atoms with Crippen LogP contribution in [0.15, 0.2) is 0 Å². The van der Waals surface area contributed by atoms with Gasteiger partial charge in [0.05, 0.1) is 0 Å². The molecule has 0 atom stereocenters. The van der Waals surface area contributed by atoms with Crippen molar-refractivity contribution in [2.24, 2.45) is 0 Å². The zero-order chi connectivity index (χ0) is 8.20. The SMILES string of the molecule is CCCC[C](C)C(Cl)(Cl)Cl. The molecule has 0 nitrogen and oxygen atoms in total. The molecule has 0 aromatic rings. The van der Waals surface area contributed by atoms with Gasteiger partial charge in [0.15, 0.2) is 3.79 Å². The lowest BCUT2D eigenvalue weighted by molar-refractivity contribution is 0.710. The molecule has 0 unspecified atom stereocenters. The van der Waals surface area contributed by atoms with Gasteiger partial charge in [-0.05, 0) is 6.42 Å². The van der Waals surface area contributed by atoms with E-state index in [-0.39, 0.29) is 0 Å². The highest BCUT2D eigenvalue weighted by Gasteiger charge is 2.28. The maximum absolute atomic E-state index is 5.61. The van der Waals surface area contributed by atoms with Crippen molar-refractivity contribution >= 4 is 34.8 Å². The van der Waals surface area contributed by atoms with E-state index in [1.54, 1.807) is 0 Å². The number of halogens is 3. The largest absolute Gasteiger partial charge is 0.196 e. The Morgan fingerprint density at radius 2 is 1.80 bits per heavy atom. The van der Waals surface area contributed by atoms with Crippen molar-refractivity contribution in [2.75, 3.05) is 0 Å². The Labute approximate surface area is 77.8 Å². The quantitative estimate of drug-likeness (QED) is 0.604. The van der Waals surface area contributed by atoms with Gasteiger partial charge in [-0.1, -0.05) is 61.5 Å². The third kappa shape index (κ3) is 4.65. The van der Waals surface area contributed by atoms with Crippen molar-refractivity contribution in [1.29, 1.82) is 0 Å². The van der Waals surface area contributed by atoms with Crippen molar-refractivity contribution in [2.45, 2.75) is 36.9 Å². The van der Waals surface area contributed by atoms with E-state index in [0.717, 1.165) is 25.2 Å². The van der Waals surface area contributed by atoms with Gasteiger partial charge in [-0.3, -0.25) is 0 Å². The van der Waals surface area contributed by atoms with Crippen molar-refractivity contribution < 1.29 is 0 Å². The molecular weight excluding hydrogens is 190 g/mol. The van der Waals surface area contributed by atoms with Crippen LogP contribution in [-0.4, -0.2) is 3.79 Å². The van der Waals surface area contributed by atoms with Crippen molar-refractivity contribution in [3.8, 4) is 0 Å². The topological polar surface area (TPSA) is 0 Å². The monoisotopic (exact) mass is 201 g/mol. The lowest BCUT2D eigenvalue weighted by atomic mass is 10.1. The summed E-state index contributed by atoms with van der Waals surface area (Å²) in [5, 5.41) is 0. The van der Waals surface area contributed by atoms with E-state index in [1.165, 1.54) is 0 Å². The Kier molecular flexibility index (Phi) is 5.10. The summed E-state index contributed by atoms with van der Waals surface area (Å²) in [6, 6.07) is 0. The molecule has 0 spiro atoms. The molecule has 0 saturated carbocycles. The summed E-state index contributed by atoms with van der Waals surface area (Å²) in [6.45, 7) is 3.99. The Hall–Kier alpha value is 0.870. The Bertz CT molecular complexity index is 85.3. The highest BCUT2D eigenvalue weighted by Crippen LogP contribution is 2.38. The number of hydrogen-bond acceptors (Lipinski definition) is 0. The molecule has 0 aliphatic rings. The van der Waals surface area contributed by atoms with E-state index < -0.39 is 3.79 Å². The summed E-state index contributed by atoms with van der Waals surface area (Å²) >= 11 is 16.8. The van der Waals surface area contributed by atoms with Crippen LogP contribution in [-0.2, 0) is 0 Å². The standard InChI is InChI=1S/C7H12Cl3/c1-3-4-5-6(2)7(8,9)10/h3-5H2,1-2H3. The van der Waals surface area contributed by atoms with E-state index in [1.807, 2.05) is 6.92 Å². The molecule has 1 radical (unpaired) electrons. The fraction of sp³-hybridized carbons (Fsp3) is 0.857. The average molecular weight is 203 g/mol. The maximum Gasteiger partial charge on any atom is 0.196 e. The Morgan fingerprint density at radius 3 is 2.10 bits per heavy atom. The van der Waals surface area contributed by atoms with Gasteiger partial charge in [0, 0.05) is 5.92 Å². The van der Waals surface area contributed by atoms with Crippen LogP contribution in [0.4, 0.5) is 0 Å². The Morgan fingerprint density at radius 1 is 1.30 bits per heavy atom. The molecule has 0 aliphatic heterocycles. The van der Waals surface area contributed by atoms with Crippen molar-refractivity contribution in [3.05, 3.63) is 5.92 Å². The van der Waals surface area contributed by atoms with E-state index in [2.05, 4.69) is 6.92 Å². The van der Waals surface area contributed by atoms with Crippen LogP contribution in [0.25, 0.3) is 0 Å². The highest BCUT2D eigenvalue weighted by molar-refractivity contribution is 6.69. The average Bonchev–Trinajstić information content (AvgIpc) is 1.80. The second-order valence-electron chi connectivity index (χ2n) is 2.38. The molecule has 61 valence electrons. The van der Waals surface area contributed by atoms with Crippen molar-refractivity contribution in [1.82, 2.24) is 0 Å². The maximum atomic E-state index is 5.61. The van der Waals surface area contributed by atoms with Gasteiger partial charge in [-0.15, -0.1) is 0 Å². The zero-order valence-corrected chi connectivity index (χ0v) is 8.52. The molecule has 0 aromatic heterocycles. The molecule has 0 aromatic carbocycles. The van der Waals surface area contributed by atoms with Crippen LogP contribution >= 0.6 is 34.8 Å². The van der Waals surface area contributed by atoms with E-state index in [0.29, 0.717) is 0 Å². The van der Waals surface area contributed by atoms with Gasteiger partial charge in [0.2, 0.25) is 0 Å². The number of rotatable bonds is 3. The van der Waals surface area contributed by atoms with E-state index in [4.69, 9.17) is 34.8 Å². The normalized spacial score (nSPS) is 12.6. The van der Waals surface area contributed by atoms with Crippen LogP contribution in [0.1, 0.15) is 33.1 Å². The number of alkyl halides is 3. The van der Waals surface area contributed by atoms with Crippen LogP contribution < -0.4 is 0 Å². The molecule has 10 heavy (non-hydrogen) atoms. The molecule has 0 heterocycles. The lowest BCUT2D eigenvalue weighted by Crippen LogP contribution is -2.12. The van der Waals surface area contributed by atoms with Crippen LogP contribution in [0, 0.1) is 5.92 Å². The van der Waals surface area contributed by atoms with Gasteiger partial charge in [-0.25, -0.2) is 0 Å². The van der Waals surface area contributed by atoms with E-state index in [9.17, 15) is 0 Å². The lowest BCUT2D eigenvalue weighted by Gasteiger charge is -2.18. The molecule has 3 heteroatoms. The van der Waals surface area contributed by atoms with Gasteiger partial charge >= 0.3 is 0 Å². The van der Waals surface area contributed by atoms with Crippen molar-refractivity contribution in [3.63, 3.8) is 0 Å². The summed E-state index contributed by atoms with van der Waals surface area (Å²) in [5.41, 5.74) is 0. The summed E-state index contributed by atoms with van der Waals surface area (Å²) < 4.78 is -1.16. The molecule has 0 aliphatic carbocycles. The third-order valence-electron chi connectivity index (χ3n) is 1.39. The number of unbranched alkanes of at least 4 members (excludes halogenated alkanes) is 1. The predicted molar refractivity (Wildman–Crippen MR) is 48.7 cm³/mol. The van der Waals surface area contributed by atoms with Gasteiger partial charge in [0.1, 0.15) is 0 Å². The smallest absolute Gasteiger partial charge is 0.0830 e. The summed E-state index contributed by atoms with van der Waals surface area (Å²) in [5.74, 6) is 0.930. The van der Waals surface area contributed by atoms with Crippen LogP contribution in [0.2, 0.25) is 0 Å². The van der Waals surface area contributed by atoms with Gasteiger partial charge < -0.3 is 0 Å². The van der Waals surface area contributed by atoms with Crippen LogP contribution in [0.3, 0.4) is 0 Å². The second-order valence-corrected chi connectivity index (χ2v) is 4.66. The minimum atomic E-state index is -1.16. The van der Waals surface area contributed by atoms with Crippen LogP contribution in [0.5, 0.6) is 0 Å². The summed E-state index contributed by atoms with van der Waals surface area (Å²) in [7, 11) is 0. The predicted octanol–water partition coefficient (Wildman–Crippen LogP) is 4.14. The summed E-state index contributed by atoms with van der Waals surface area (Å²) in [4.78, 5) is 0. The molecule has 0 saturated heterocycles. The highest BCUT2D eigenvalue weighted by atomic mass is 35.6. The van der Waals surface area contributed by atoms with Gasteiger partial charge in [0.25, 0.3) is 0 Å². The zero-order valence-electron chi connectivity index (χ0n) is 6.26. The first-order valence-electron chi connectivity index (χ1n) is 3.38. The fourth-order valence-electron chi connectivity index (χ4n) is 0.584. The first kappa shape index (κ1) is 10.9. The number of hydrogen-bond donors (Lipinski definition) is 0. The Balaban J connectivity index is 3.52. The first-order chi connectivity index (χ1) is 4.48.